The second-order valence-electron chi connectivity index (χ2n) is 5.28. The van der Waals surface area contributed by atoms with Crippen molar-refractivity contribution in [3.63, 3.8) is 0 Å². The van der Waals surface area contributed by atoms with Crippen LogP contribution in [0.1, 0.15) is 11.7 Å². The fraction of sp³-hybridized carbons (Fsp3) is 0.333. The Morgan fingerprint density at radius 3 is 3.19 bits per heavy atom. The van der Waals surface area contributed by atoms with E-state index in [9.17, 15) is 4.79 Å². The van der Waals surface area contributed by atoms with E-state index in [1.54, 1.807) is 6.20 Å². The van der Waals surface area contributed by atoms with Crippen LogP contribution >= 0.6 is 15.9 Å². The van der Waals surface area contributed by atoms with E-state index in [1.807, 2.05) is 24.3 Å². The number of rotatable bonds is 1. The zero-order valence-electron chi connectivity index (χ0n) is 11.3. The molecule has 3 heterocycles. The number of amides is 1. The molecule has 0 aliphatic carbocycles. The third-order valence-electron chi connectivity index (χ3n) is 4.13. The van der Waals surface area contributed by atoms with Gasteiger partial charge in [-0.3, -0.25) is 14.7 Å². The first kappa shape index (κ1) is 13.2. The maximum atomic E-state index is 12.1. The molecule has 5 nitrogen and oxygen atoms in total. The van der Waals surface area contributed by atoms with Crippen LogP contribution in [-0.2, 0) is 9.53 Å². The van der Waals surface area contributed by atoms with Crippen molar-refractivity contribution < 1.29 is 9.53 Å². The van der Waals surface area contributed by atoms with Crippen molar-refractivity contribution in [1.82, 2.24) is 15.2 Å². The second-order valence-corrected chi connectivity index (χ2v) is 6.13. The summed E-state index contributed by atoms with van der Waals surface area (Å²) >= 11 is 3.56. The number of halogens is 1. The molecule has 108 valence electrons. The fourth-order valence-electron chi connectivity index (χ4n) is 3.10. The third kappa shape index (κ3) is 2.06. The van der Waals surface area contributed by atoms with E-state index >= 15 is 0 Å². The van der Waals surface area contributed by atoms with Crippen LogP contribution in [-0.4, -0.2) is 41.6 Å². The Hall–Kier alpha value is -1.50. The highest BCUT2D eigenvalue weighted by Gasteiger charge is 2.42. The van der Waals surface area contributed by atoms with Gasteiger partial charge in [0.1, 0.15) is 12.2 Å². The lowest BCUT2D eigenvalue weighted by Crippen LogP contribution is -2.44. The molecule has 1 aromatic carbocycles. The number of nitrogens with zero attached hydrogens (tertiary/aromatic N) is 2. The lowest BCUT2D eigenvalue weighted by atomic mass is 10.1. The summed E-state index contributed by atoms with van der Waals surface area (Å²) < 4.78 is 6.43. The first-order valence-corrected chi connectivity index (χ1v) is 7.72. The summed E-state index contributed by atoms with van der Waals surface area (Å²) in [4.78, 5) is 18.8. The SMILES string of the molecule is O=C1N[C@H](c2ccc(Br)c3cccnc23)N2CCOC[C@@H]12. The second kappa shape index (κ2) is 5.05. The van der Waals surface area contributed by atoms with Crippen LogP contribution in [0.4, 0.5) is 0 Å². The van der Waals surface area contributed by atoms with Crippen LogP contribution in [0.3, 0.4) is 0 Å². The van der Waals surface area contributed by atoms with Gasteiger partial charge in [0.25, 0.3) is 0 Å². The van der Waals surface area contributed by atoms with E-state index in [1.165, 1.54) is 0 Å². The van der Waals surface area contributed by atoms with Gasteiger partial charge in [0.2, 0.25) is 5.91 Å². The number of morpholine rings is 1. The van der Waals surface area contributed by atoms with Gasteiger partial charge in [0, 0.05) is 28.2 Å². The normalized spacial score (nSPS) is 25.9. The summed E-state index contributed by atoms with van der Waals surface area (Å²) in [5.41, 5.74) is 1.95. The minimum Gasteiger partial charge on any atom is -0.378 e. The van der Waals surface area contributed by atoms with E-state index in [0.29, 0.717) is 13.2 Å². The van der Waals surface area contributed by atoms with Crippen LogP contribution in [0, 0.1) is 0 Å². The molecular formula is C15H14BrN3O2. The Morgan fingerprint density at radius 1 is 1.38 bits per heavy atom. The fourth-order valence-corrected chi connectivity index (χ4v) is 3.55. The number of aromatic nitrogens is 1. The number of benzene rings is 1. The van der Waals surface area contributed by atoms with Crippen LogP contribution in [0.15, 0.2) is 34.9 Å². The largest absolute Gasteiger partial charge is 0.378 e. The van der Waals surface area contributed by atoms with Crippen LogP contribution in [0.2, 0.25) is 0 Å². The summed E-state index contributed by atoms with van der Waals surface area (Å²) in [6.45, 7) is 1.87. The van der Waals surface area contributed by atoms with Crippen molar-refractivity contribution in [1.29, 1.82) is 0 Å². The number of pyridine rings is 1. The van der Waals surface area contributed by atoms with E-state index in [-0.39, 0.29) is 18.1 Å². The smallest absolute Gasteiger partial charge is 0.241 e. The number of ether oxygens (including phenoxy) is 1. The van der Waals surface area contributed by atoms with Gasteiger partial charge in [-0.1, -0.05) is 28.1 Å². The van der Waals surface area contributed by atoms with Crippen molar-refractivity contribution in [2.75, 3.05) is 19.8 Å². The minimum absolute atomic E-state index is 0.0340. The van der Waals surface area contributed by atoms with Gasteiger partial charge in [0.05, 0.1) is 18.7 Å². The van der Waals surface area contributed by atoms with Crippen LogP contribution < -0.4 is 5.32 Å². The Balaban J connectivity index is 1.83. The van der Waals surface area contributed by atoms with Crippen molar-refractivity contribution in [3.8, 4) is 0 Å². The highest BCUT2D eigenvalue weighted by molar-refractivity contribution is 9.10. The first-order valence-electron chi connectivity index (χ1n) is 6.93. The van der Waals surface area contributed by atoms with Gasteiger partial charge in [-0.25, -0.2) is 0 Å². The molecule has 0 bridgehead atoms. The topological polar surface area (TPSA) is 54.5 Å². The number of hydrogen-bond acceptors (Lipinski definition) is 4. The van der Waals surface area contributed by atoms with E-state index < -0.39 is 0 Å². The summed E-state index contributed by atoms with van der Waals surface area (Å²) in [7, 11) is 0. The van der Waals surface area contributed by atoms with Crippen molar-refractivity contribution >= 4 is 32.7 Å². The molecule has 4 rings (SSSR count). The van der Waals surface area contributed by atoms with Crippen LogP contribution in [0.25, 0.3) is 10.9 Å². The maximum absolute atomic E-state index is 12.1. The van der Waals surface area contributed by atoms with Gasteiger partial charge in [-0.05, 0) is 12.1 Å². The van der Waals surface area contributed by atoms with Gasteiger partial charge >= 0.3 is 0 Å². The summed E-state index contributed by atoms with van der Waals surface area (Å²) in [6, 6.07) is 7.80. The zero-order chi connectivity index (χ0) is 14.4. The highest BCUT2D eigenvalue weighted by Crippen LogP contribution is 2.34. The predicted molar refractivity (Wildman–Crippen MR) is 81.6 cm³/mol. The number of carbonyl (C=O) groups excluding carboxylic acids is 1. The molecule has 0 saturated carbocycles. The average Bonchev–Trinajstić information content (AvgIpc) is 2.86. The van der Waals surface area contributed by atoms with Gasteiger partial charge in [-0.15, -0.1) is 0 Å². The van der Waals surface area contributed by atoms with Crippen LogP contribution in [0.5, 0.6) is 0 Å². The lowest BCUT2D eigenvalue weighted by Gasteiger charge is -2.31. The van der Waals surface area contributed by atoms with Gasteiger partial charge in [0.15, 0.2) is 0 Å². The standard InChI is InChI=1S/C15H14BrN3O2/c16-11-4-3-10(13-9(11)2-1-5-17-13)14-18-15(20)12-8-21-7-6-19(12)14/h1-5,12,14H,6-8H2,(H,18,20)/t12-,14-/m0/s1. The Kier molecular flexibility index (Phi) is 3.17. The molecule has 1 amide bonds. The average molecular weight is 348 g/mol. The summed E-state index contributed by atoms with van der Waals surface area (Å²) in [5, 5.41) is 4.13. The van der Waals surface area contributed by atoms with E-state index in [2.05, 4.69) is 31.1 Å². The number of fused-ring (bicyclic) bond motifs is 2. The molecule has 2 atom stereocenters. The molecule has 0 unspecified atom stereocenters. The molecule has 2 fully saturated rings. The molecule has 6 heteroatoms. The zero-order valence-corrected chi connectivity index (χ0v) is 12.8. The van der Waals surface area contributed by atoms with Crippen molar-refractivity contribution in [3.05, 3.63) is 40.5 Å². The molecule has 1 aromatic heterocycles. The number of hydrogen-bond donors (Lipinski definition) is 1. The Bertz CT molecular complexity index is 721. The Morgan fingerprint density at radius 2 is 2.29 bits per heavy atom. The van der Waals surface area contributed by atoms with E-state index in [0.717, 1.165) is 27.5 Å². The van der Waals surface area contributed by atoms with E-state index in [4.69, 9.17) is 4.74 Å². The maximum Gasteiger partial charge on any atom is 0.241 e. The molecule has 0 spiro atoms. The predicted octanol–water partition coefficient (Wildman–Crippen LogP) is 1.83. The quantitative estimate of drug-likeness (QED) is 0.854. The van der Waals surface area contributed by atoms with Gasteiger partial charge in [-0.2, -0.15) is 0 Å². The molecule has 0 radical (unpaired) electrons. The highest BCUT2D eigenvalue weighted by atomic mass is 79.9. The minimum atomic E-state index is -0.189. The molecular weight excluding hydrogens is 334 g/mol. The van der Waals surface area contributed by atoms with Crippen molar-refractivity contribution in [2.45, 2.75) is 12.2 Å². The molecule has 2 aliphatic heterocycles. The Labute approximate surface area is 130 Å². The molecule has 2 saturated heterocycles. The summed E-state index contributed by atoms with van der Waals surface area (Å²) in [6.07, 6.45) is 1.66. The van der Waals surface area contributed by atoms with Gasteiger partial charge < -0.3 is 10.1 Å². The summed E-state index contributed by atoms with van der Waals surface area (Å²) in [5.74, 6) is 0.0340. The number of nitrogens with one attached hydrogen (secondary N) is 1. The third-order valence-corrected chi connectivity index (χ3v) is 4.82. The van der Waals surface area contributed by atoms with Crippen molar-refractivity contribution in [2.24, 2.45) is 0 Å². The molecule has 2 aliphatic rings. The molecule has 2 aromatic rings. The monoisotopic (exact) mass is 347 g/mol. The molecule has 21 heavy (non-hydrogen) atoms. The molecule has 1 N–H and O–H groups in total. The lowest BCUT2D eigenvalue weighted by molar-refractivity contribution is -0.125. The number of carbonyl (C=O) groups is 1. The first-order chi connectivity index (χ1) is 10.3.